The van der Waals surface area contributed by atoms with Crippen LogP contribution in [0.3, 0.4) is 0 Å². The van der Waals surface area contributed by atoms with E-state index in [-0.39, 0.29) is 0 Å². The number of benzene rings is 2. The number of hydrogen-bond acceptors (Lipinski definition) is 4. The van der Waals surface area contributed by atoms with E-state index in [9.17, 15) is 0 Å². The molecule has 1 aromatic heterocycles. The molecule has 4 nitrogen and oxygen atoms in total. The maximum atomic E-state index is 6.13. The molecular formula is C15H11BrClN3O. The predicted octanol–water partition coefficient (Wildman–Crippen LogP) is 4.33. The zero-order valence-electron chi connectivity index (χ0n) is 10.9. The van der Waals surface area contributed by atoms with E-state index in [4.69, 9.17) is 21.9 Å². The normalized spacial score (nSPS) is 10.8. The van der Waals surface area contributed by atoms with Crippen molar-refractivity contribution < 1.29 is 4.52 Å². The van der Waals surface area contributed by atoms with Gasteiger partial charge in [-0.25, -0.2) is 0 Å². The SMILES string of the molecule is Nc1ccc(Cl)c(-c2nc(Cc3cccc(Br)c3)no2)c1. The largest absolute Gasteiger partial charge is 0.399 e. The molecule has 3 aromatic rings. The number of nitrogen functional groups attached to an aromatic ring is 1. The average Bonchev–Trinajstić information content (AvgIpc) is 2.90. The Labute approximate surface area is 135 Å². The molecule has 0 amide bonds. The summed E-state index contributed by atoms with van der Waals surface area (Å²) in [5, 5.41) is 4.52. The molecule has 2 aromatic carbocycles. The fourth-order valence-corrected chi connectivity index (χ4v) is 2.62. The van der Waals surface area contributed by atoms with Crippen LogP contribution in [0.1, 0.15) is 11.4 Å². The second-order valence-electron chi connectivity index (χ2n) is 4.56. The van der Waals surface area contributed by atoms with Crippen LogP contribution in [0.2, 0.25) is 5.02 Å². The summed E-state index contributed by atoms with van der Waals surface area (Å²) in [6.45, 7) is 0. The number of halogens is 2. The molecular weight excluding hydrogens is 354 g/mol. The minimum Gasteiger partial charge on any atom is -0.399 e. The van der Waals surface area contributed by atoms with Gasteiger partial charge in [-0.1, -0.05) is 44.8 Å². The lowest BCUT2D eigenvalue weighted by atomic mass is 10.1. The number of aromatic nitrogens is 2. The van der Waals surface area contributed by atoms with Crippen LogP contribution in [-0.2, 0) is 6.42 Å². The molecule has 1 heterocycles. The fraction of sp³-hybridized carbons (Fsp3) is 0.0667. The maximum Gasteiger partial charge on any atom is 0.259 e. The molecule has 3 rings (SSSR count). The van der Waals surface area contributed by atoms with Crippen molar-refractivity contribution >= 4 is 33.2 Å². The van der Waals surface area contributed by atoms with Gasteiger partial charge in [0.25, 0.3) is 5.89 Å². The van der Waals surface area contributed by atoms with Crippen molar-refractivity contribution in [1.82, 2.24) is 10.1 Å². The van der Waals surface area contributed by atoms with Crippen LogP contribution < -0.4 is 5.73 Å². The number of nitrogens with two attached hydrogens (primary N) is 1. The first-order valence-corrected chi connectivity index (χ1v) is 7.41. The first kappa shape index (κ1) is 14.1. The van der Waals surface area contributed by atoms with Crippen molar-refractivity contribution in [3.63, 3.8) is 0 Å². The zero-order valence-corrected chi connectivity index (χ0v) is 13.2. The van der Waals surface area contributed by atoms with E-state index >= 15 is 0 Å². The minimum atomic E-state index is 0.372. The Kier molecular flexibility index (Phi) is 3.94. The zero-order chi connectivity index (χ0) is 14.8. The first-order chi connectivity index (χ1) is 10.1. The van der Waals surface area contributed by atoms with Crippen LogP contribution in [0, 0.1) is 0 Å². The number of anilines is 1. The Balaban J connectivity index is 1.88. The third-order valence-corrected chi connectivity index (χ3v) is 3.76. The molecule has 21 heavy (non-hydrogen) atoms. The van der Waals surface area contributed by atoms with E-state index in [2.05, 4.69) is 26.1 Å². The molecule has 106 valence electrons. The van der Waals surface area contributed by atoms with Gasteiger partial charge in [0.2, 0.25) is 0 Å². The third kappa shape index (κ3) is 3.25. The van der Waals surface area contributed by atoms with Gasteiger partial charge < -0.3 is 10.3 Å². The summed E-state index contributed by atoms with van der Waals surface area (Å²) in [4.78, 5) is 4.37. The van der Waals surface area contributed by atoms with Crippen LogP contribution in [0.5, 0.6) is 0 Å². The molecule has 0 atom stereocenters. The molecule has 0 bridgehead atoms. The van der Waals surface area contributed by atoms with E-state index in [1.165, 1.54) is 0 Å². The topological polar surface area (TPSA) is 64.9 Å². The molecule has 6 heteroatoms. The summed E-state index contributed by atoms with van der Waals surface area (Å²) < 4.78 is 6.29. The third-order valence-electron chi connectivity index (χ3n) is 2.94. The molecule has 0 aliphatic rings. The summed E-state index contributed by atoms with van der Waals surface area (Å²) in [6.07, 6.45) is 0.586. The second-order valence-corrected chi connectivity index (χ2v) is 5.88. The average molecular weight is 365 g/mol. The number of nitrogens with zero attached hydrogens (tertiary/aromatic N) is 2. The molecule has 0 saturated heterocycles. The van der Waals surface area contributed by atoms with Crippen LogP contribution >= 0.6 is 27.5 Å². The van der Waals surface area contributed by atoms with Crippen molar-refractivity contribution in [3.05, 3.63) is 63.3 Å². The monoisotopic (exact) mass is 363 g/mol. The van der Waals surface area contributed by atoms with E-state index in [0.717, 1.165) is 10.0 Å². The van der Waals surface area contributed by atoms with Crippen LogP contribution in [0.25, 0.3) is 11.5 Å². The van der Waals surface area contributed by atoms with Crippen LogP contribution in [0.15, 0.2) is 51.5 Å². The van der Waals surface area contributed by atoms with E-state index in [1.807, 2.05) is 24.3 Å². The van der Waals surface area contributed by atoms with Gasteiger partial charge in [0, 0.05) is 16.6 Å². The smallest absolute Gasteiger partial charge is 0.259 e. The Morgan fingerprint density at radius 1 is 1.19 bits per heavy atom. The summed E-state index contributed by atoms with van der Waals surface area (Å²) >= 11 is 9.57. The summed E-state index contributed by atoms with van der Waals surface area (Å²) in [5.74, 6) is 0.971. The second kappa shape index (κ2) is 5.87. The van der Waals surface area contributed by atoms with E-state index in [0.29, 0.717) is 34.4 Å². The van der Waals surface area contributed by atoms with Crippen molar-refractivity contribution in [1.29, 1.82) is 0 Å². The van der Waals surface area contributed by atoms with Gasteiger partial charge in [0.15, 0.2) is 5.82 Å². The molecule has 0 aliphatic carbocycles. The Bertz CT molecular complexity index is 788. The highest BCUT2D eigenvalue weighted by atomic mass is 79.9. The van der Waals surface area contributed by atoms with Gasteiger partial charge in [0.1, 0.15) is 0 Å². The fourth-order valence-electron chi connectivity index (χ4n) is 1.97. The quantitative estimate of drug-likeness (QED) is 0.703. The van der Waals surface area contributed by atoms with Crippen molar-refractivity contribution in [2.45, 2.75) is 6.42 Å². The Hall–Kier alpha value is -1.85. The predicted molar refractivity (Wildman–Crippen MR) is 86.1 cm³/mol. The van der Waals surface area contributed by atoms with Gasteiger partial charge in [-0.3, -0.25) is 0 Å². The standard InChI is InChI=1S/C15H11BrClN3O/c16-10-3-1-2-9(6-10)7-14-19-15(21-20-14)12-8-11(18)4-5-13(12)17/h1-6,8H,7,18H2. The molecule has 0 saturated carbocycles. The van der Waals surface area contributed by atoms with Gasteiger partial charge in [-0.05, 0) is 35.9 Å². The van der Waals surface area contributed by atoms with Crippen molar-refractivity contribution in [2.75, 3.05) is 5.73 Å². The molecule has 0 unspecified atom stereocenters. The summed E-state index contributed by atoms with van der Waals surface area (Å²) in [7, 11) is 0. The lowest BCUT2D eigenvalue weighted by molar-refractivity contribution is 0.424. The molecule has 0 radical (unpaired) electrons. The highest BCUT2D eigenvalue weighted by Crippen LogP contribution is 2.28. The first-order valence-electron chi connectivity index (χ1n) is 6.24. The van der Waals surface area contributed by atoms with Crippen LogP contribution in [0.4, 0.5) is 5.69 Å². The van der Waals surface area contributed by atoms with Crippen molar-refractivity contribution in [2.24, 2.45) is 0 Å². The molecule has 0 fully saturated rings. The summed E-state index contributed by atoms with van der Waals surface area (Å²) in [5.41, 5.74) is 8.09. The van der Waals surface area contributed by atoms with Gasteiger partial charge in [-0.15, -0.1) is 0 Å². The Morgan fingerprint density at radius 2 is 2.05 bits per heavy atom. The lowest BCUT2D eigenvalue weighted by Gasteiger charge is -1.99. The lowest BCUT2D eigenvalue weighted by Crippen LogP contribution is -1.91. The molecule has 0 spiro atoms. The minimum absolute atomic E-state index is 0.372. The Morgan fingerprint density at radius 3 is 2.86 bits per heavy atom. The van der Waals surface area contributed by atoms with E-state index < -0.39 is 0 Å². The van der Waals surface area contributed by atoms with Gasteiger partial charge in [-0.2, -0.15) is 4.98 Å². The van der Waals surface area contributed by atoms with E-state index in [1.54, 1.807) is 18.2 Å². The van der Waals surface area contributed by atoms with Gasteiger partial charge >= 0.3 is 0 Å². The number of hydrogen-bond donors (Lipinski definition) is 1. The van der Waals surface area contributed by atoms with Gasteiger partial charge in [0.05, 0.1) is 10.6 Å². The summed E-state index contributed by atoms with van der Waals surface area (Å²) in [6, 6.07) is 13.1. The molecule has 0 aliphatic heterocycles. The van der Waals surface area contributed by atoms with Crippen LogP contribution in [-0.4, -0.2) is 10.1 Å². The maximum absolute atomic E-state index is 6.13. The number of rotatable bonds is 3. The van der Waals surface area contributed by atoms with Crippen molar-refractivity contribution in [3.8, 4) is 11.5 Å². The highest BCUT2D eigenvalue weighted by Gasteiger charge is 2.13. The molecule has 2 N–H and O–H groups in total. The highest BCUT2D eigenvalue weighted by molar-refractivity contribution is 9.10.